The number of hydrogen-bond donors (Lipinski definition) is 3. The van der Waals surface area contributed by atoms with Crippen LogP contribution in [0.4, 0.5) is 5.69 Å². The van der Waals surface area contributed by atoms with Crippen molar-refractivity contribution in [2.45, 2.75) is 24.8 Å². The maximum Gasteiger partial charge on any atom is 0.279 e. The summed E-state index contributed by atoms with van der Waals surface area (Å²) in [4.78, 5) is 12.6. The number of carbonyl (C=O) groups excluding carboxylic acids is 1. The molecule has 0 aliphatic carbocycles. The molecule has 0 spiro atoms. The SMILES string of the molecule is CNS(=O)(=O)c1cc(NC(=O)C[NH2+][C@H](C)c2cccc3ccccc23)ccc1C. The third kappa shape index (κ3) is 4.82. The Morgan fingerprint density at radius 2 is 1.79 bits per heavy atom. The molecule has 0 saturated carbocycles. The van der Waals surface area contributed by atoms with E-state index >= 15 is 0 Å². The summed E-state index contributed by atoms with van der Waals surface area (Å²) in [6.45, 7) is 4.01. The van der Waals surface area contributed by atoms with Gasteiger partial charge in [-0.2, -0.15) is 0 Å². The topological polar surface area (TPSA) is 91.9 Å². The largest absolute Gasteiger partial charge is 0.332 e. The minimum Gasteiger partial charge on any atom is -0.332 e. The molecule has 0 bridgehead atoms. The van der Waals surface area contributed by atoms with E-state index in [4.69, 9.17) is 0 Å². The van der Waals surface area contributed by atoms with Gasteiger partial charge in [0.1, 0.15) is 6.04 Å². The van der Waals surface area contributed by atoms with E-state index in [1.807, 2.05) is 23.5 Å². The van der Waals surface area contributed by atoms with Gasteiger partial charge in [-0.15, -0.1) is 0 Å². The Bertz CT molecular complexity index is 1140. The van der Waals surface area contributed by atoms with E-state index in [1.165, 1.54) is 29.4 Å². The van der Waals surface area contributed by atoms with Crippen LogP contribution >= 0.6 is 0 Å². The lowest BCUT2D eigenvalue weighted by atomic mass is 10.00. The number of hydrogen-bond acceptors (Lipinski definition) is 3. The number of nitrogens with one attached hydrogen (secondary N) is 2. The number of rotatable bonds is 7. The van der Waals surface area contributed by atoms with Crippen molar-refractivity contribution in [1.82, 2.24) is 4.72 Å². The van der Waals surface area contributed by atoms with Crippen LogP contribution in [0.5, 0.6) is 0 Å². The van der Waals surface area contributed by atoms with Crippen LogP contribution in [0.25, 0.3) is 10.8 Å². The summed E-state index contributed by atoms with van der Waals surface area (Å²) in [7, 11) is -2.21. The highest BCUT2D eigenvalue weighted by Crippen LogP contribution is 2.22. The maximum absolute atomic E-state index is 12.4. The molecule has 3 rings (SSSR count). The fraction of sp³-hybridized carbons (Fsp3) is 0.227. The highest BCUT2D eigenvalue weighted by atomic mass is 32.2. The van der Waals surface area contributed by atoms with E-state index < -0.39 is 10.0 Å². The molecular weight excluding hydrogens is 386 g/mol. The van der Waals surface area contributed by atoms with E-state index in [0.717, 1.165) is 0 Å². The summed E-state index contributed by atoms with van der Waals surface area (Å²) in [5.74, 6) is -0.186. The molecule has 1 amide bonds. The van der Waals surface area contributed by atoms with Gasteiger partial charge in [-0.05, 0) is 49.4 Å². The van der Waals surface area contributed by atoms with Crippen LogP contribution in [0.1, 0.15) is 24.1 Å². The molecule has 6 nitrogen and oxygen atoms in total. The second kappa shape index (κ2) is 8.73. The molecular formula is C22H26N3O3S+. The maximum atomic E-state index is 12.4. The van der Waals surface area contributed by atoms with E-state index in [1.54, 1.807) is 19.1 Å². The van der Waals surface area contributed by atoms with E-state index in [0.29, 0.717) is 11.3 Å². The third-order valence-electron chi connectivity index (χ3n) is 5.00. The van der Waals surface area contributed by atoms with Crippen molar-refractivity contribution < 1.29 is 18.5 Å². The number of fused-ring (bicyclic) bond motifs is 1. The van der Waals surface area contributed by atoms with Crippen molar-refractivity contribution in [2.75, 3.05) is 18.9 Å². The Morgan fingerprint density at radius 1 is 1.07 bits per heavy atom. The molecule has 0 aromatic heterocycles. The molecule has 0 aliphatic rings. The van der Waals surface area contributed by atoms with Crippen molar-refractivity contribution in [2.24, 2.45) is 0 Å². The van der Waals surface area contributed by atoms with Crippen molar-refractivity contribution in [3.63, 3.8) is 0 Å². The number of sulfonamides is 1. The van der Waals surface area contributed by atoms with Crippen LogP contribution in [-0.2, 0) is 14.8 Å². The number of carbonyl (C=O) groups is 1. The van der Waals surface area contributed by atoms with E-state index in [9.17, 15) is 13.2 Å². The first-order valence-corrected chi connectivity index (χ1v) is 10.9. The molecule has 0 fully saturated rings. The molecule has 29 heavy (non-hydrogen) atoms. The van der Waals surface area contributed by atoms with E-state index in [2.05, 4.69) is 41.2 Å². The minimum absolute atomic E-state index is 0.102. The van der Waals surface area contributed by atoms with Crippen LogP contribution in [0.15, 0.2) is 65.6 Å². The van der Waals surface area contributed by atoms with Gasteiger partial charge in [-0.25, -0.2) is 13.1 Å². The summed E-state index contributed by atoms with van der Waals surface area (Å²) in [5.41, 5.74) is 2.25. The lowest BCUT2D eigenvalue weighted by molar-refractivity contribution is -0.682. The predicted octanol–water partition coefficient (Wildman–Crippen LogP) is 2.32. The molecule has 152 valence electrons. The minimum atomic E-state index is -3.58. The van der Waals surface area contributed by atoms with Gasteiger partial charge in [0.25, 0.3) is 5.91 Å². The van der Waals surface area contributed by atoms with Gasteiger partial charge >= 0.3 is 0 Å². The smallest absolute Gasteiger partial charge is 0.279 e. The number of benzene rings is 3. The standard InChI is InChI=1S/C22H25N3O3S/c1-15-11-12-18(13-21(15)29(27,28)23-3)25-22(26)14-24-16(2)19-10-6-8-17-7-4-5-9-20(17)19/h4-13,16,23-24H,14H2,1-3H3,(H,25,26)/p+1/t16-/m1/s1. The number of anilines is 1. The molecule has 1 atom stereocenters. The number of aryl methyl sites for hydroxylation is 1. The van der Waals surface area contributed by atoms with Crippen molar-refractivity contribution in [3.8, 4) is 0 Å². The van der Waals surface area contributed by atoms with Crippen molar-refractivity contribution >= 4 is 32.4 Å². The molecule has 3 aromatic rings. The quantitative estimate of drug-likeness (QED) is 0.556. The van der Waals surface area contributed by atoms with Gasteiger partial charge in [0, 0.05) is 11.3 Å². The molecule has 0 heterocycles. The zero-order valence-corrected chi connectivity index (χ0v) is 17.6. The zero-order valence-electron chi connectivity index (χ0n) is 16.8. The fourth-order valence-electron chi connectivity index (χ4n) is 3.35. The molecule has 0 radical (unpaired) electrons. The molecule has 0 saturated heterocycles. The Morgan fingerprint density at radius 3 is 2.55 bits per heavy atom. The Hall–Kier alpha value is -2.74. The third-order valence-corrected chi connectivity index (χ3v) is 6.56. The summed E-state index contributed by atoms with van der Waals surface area (Å²) < 4.78 is 26.5. The number of amides is 1. The second-order valence-corrected chi connectivity index (χ2v) is 8.89. The Balaban J connectivity index is 1.68. The van der Waals surface area contributed by atoms with Gasteiger partial charge in [0.05, 0.1) is 4.90 Å². The monoisotopic (exact) mass is 412 g/mol. The number of nitrogens with two attached hydrogens (primary N) is 1. The highest BCUT2D eigenvalue weighted by Gasteiger charge is 2.17. The van der Waals surface area contributed by atoms with Crippen molar-refractivity contribution in [3.05, 3.63) is 71.8 Å². The van der Waals surface area contributed by atoms with Gasteiger partial charge in [0.2, 0.25) is 10.0 Å². The Labute approximate surface area is 171 Å². The molecule has 0 aliphatic heterocycles. The molecule has 7 heteroatoms. The molecule has 0 unspecified atom stereocenters. The highest BCUT2D eigenvalue weighted by molar-refractivity contribution is 7.89. The first-order chi connectivity index (χ1) is 13.8. The predicted molar refractivity (Wildman–Crippen MR) is 115 cm³/mol. The fourth-order valence-corrected chi connectivity index (χ4v) is 4.34. The second-order valence-electron chi connectivity index (χ2n) is 7.03. The average molecular weight is 413 g/mol. The molecule has 4 N–H and O–H groups in total. The normalized spacial score (nSPS) is 12.7. The van der Waals surface area contributed by atoms with E-state index in [-0.39, 0.29) is 23.4 Å². The number of quaternary nitrogens is 1. The van der Waals surface area contributed by atoms with Crippen LogP contribution in [0, 0.1) is 6.92 Å². The summed E-state index contributed by atoms with van der Waals surface area (Å²) in [6.07, 6.45) is 0. The van der Waals surface area contributed by atoms with Crippen LogP contribution in [0.3, 0.4) is 0 Å². The van der Waals surface area contributed by atoms with Gasteiger partial charge < -0.3 is 10.6 Å². The van der Waals surface area contributed by atoms with Crippen LogP contribution in [-0.4, -0.2) is 27.9 Å². The Kier molecular flexibility index (Phi) is 6.32. The van der Waals surface area contributed by atoms with Crippen LogP contribution < -0.4 is 15.4 Å². The first-order valence-electron chi connectivity index (χ1n) is 9.47. The lowest BCUT2D eigenvalue weighted by Gasteiger charge is -2.14. The zero-order chi connectivity index (χ0) is 21.0. The summed E-state index contributed by atoms with van der Waals surface area (Å²) in [5, 5.41) is 7.11. The van der Waals surface area contributed by atoms with Gasteiger partial charge in [-0.3, -0.25) is 4.79 Å². The van der Waals surface area contributed by atoms with Gasteiger partial charge in [-0.1, -0.05) is 48.5 Å². The summed E-state index contributed by atoms with van der Waals surface area (Å²) in [6, 6.07) is 19.3. The average Bonchev–Trinajstić information content (AvgIpc) is 2.72. The lowest BCUT2D eigenvalue weighted by Crippen LogP contribution is -2.86. The van der Waals surface area contributed by atoms with Crippen molar-refractivity contribution in [1.29, 1.82) is 0 Å². The first kappa shape index (κ1) is 21.0. The molecule has 3 aromatic carbocycles. The van der Waals surface area contributed by atoms with Crippen LogP contribution in [0.2, 0.25) is 0 Å². The van der Waals surface area contributed by atoms with Gasteiger partial charge in [0.15, 0.2) is 6.54 Å². The summed E-state index contributed by atoms with van der Waals surface area (Å²) >= 11 is 0.